The molecule has 2 aromatic heterocycles. The third-order valence-corrected chi connectivity index (χ3v) is 4.80. The van der Waals surface area contributed by atoms with E-state index in [4.69, 9.17) is 4.52 Å². The molecule has 3 aromatic rings. The molecule has 0 radical (unpaired) electrons. The first-order valence-corrected chi connectivity index (χ1v) is 8.38. The molecule has 0 aliphatic carbocycles. The summed E-state index contributed by atoms with van der Waals surface area (Å²) in [7, 11) is 0. The molecule has 6 heteroatoms. The molecular weight excluding hydrogens is 310 g/mol. The highest BCUT2D eigenvalue weighted by Crippen LogP contribution is 2.29. The van der Waals surface area contributed by atoms with Gasteiger partial charge in [0, 0.05) is 29.6 Å². The molecular formula is C17H15N3O2S. The molecule has 1 aliphatic rings. The molecule has 1 aromatic carbocycles. The molecule has 1 amide bonds. The number of rotatable bonds is 3. The van der Waals surface area contributed by atoms with E-state index in [1.807, 2.05) is 52.9 Å². The number of aromatic nitrogens is 2. The van der Waals surface area contributed by atoms with Gasteiger partial charge in [0.1, 0.15) is 0 Å². The van der Waals surface area contributed by atoms with Crippen LogP contribution in [-0.2, 0) is 0 Å². The highest BCUT2D eigenvalue weighted by atomic mass is 32.1. The Balaban J connectivity index is 1.44. The van der Waals surface area contributed by atoms with Crippen molar-refractivity contribution in [2.45, 2.75) is 12.8 Å². The molecule has 0 bridgehead atoms. The van der Waals surface area contributed by atoms with Gasteiger partial charge in [-0.05, 0) is 30.0 Å². The molecule has 116 valence electrons. The van der Waals surface area contributed by atoms with Crippen molar-refractivity contribution in [3.8, 4) is 11.4 Å². The lowest BCUT2D eigenvalue weighted by Gasteiger charge is -2.37. The largest absolute Gasteiger partial charge is 0.339 e. The van der Waals surface area contributed by atoms with E-state index >= 15 is 0 Å². The van der Waals surface area contributed by atoms with E-state index in [2.05, 4.69) is 10.1 Å². The molecule has 1 aliphatic heterocycles. The predicted octanol–water partition coefficient (Wildman–Crippen LogP) is 3.35. The number of hydrogen-bond donors (Lipinski definition) is 0. The zero-order chi connectivity index (χ0) is 15.8. The van der Waals surface area contributed by atoms with Crippen molar-refractivity contribution in [3.05, 3.63) is 58.1 Å². The van der Waals surface area contributed by atoms with Crippen LogP contribution < -0.4 is 0 Å². The molecule has 1 saturated heterocycles. The maximum Gasteiger partial charge on any atom is 0.254 e. The van der Waals surface area contributed by atoms with E-state index in [9.17, 15) is 4.79 Å². The van der Waals surface area contributed by atoms with Crippen molar-refractivity contribution in [3.63, 3.8) is 0 Å². The SMILES string of the molecule is Cc1ccccc1C(=O)N1CC(c2nc(-c3ccsc3)no2)C1. The van der Waals surface area contributed by atoms with Crippen LogP contribution in [0.2, 0.25) is 0 Å². The third kappa shape index (κ3) is 2.55. The lowest BCUT2D eigenvalue weighted by atomic mass is 9.97. The number of carbonyl (C=O) groups excluding carboxylic acids is 1. The van der Waals surface area contributed by atoms with E-state index in [0.717, 1.165) is 16.7 Å². The van der Waals surface area contributed by atoms with Crippen LogP contribution in [0, 0.1) is 6.92 Å². The first-order chi connectivity index (χ1) is 11.2. The molecule has 3 heterocycles. The molecule has 0 atom stereocenters. The van der Waals surface area contributed by atoms with Crippen molar-refractivity contribution in [1.82, 2.24) is 15.0 Å². The van der Waals surface area contributed by atoms with Gasteiger partial charge in [-0.25, -0.2) is 0 Å². The maximum atomic E-state index is 12.5. The van der Waals surface area contributed by atoms with Crippen LogP contribution in [0.3, 0.4) is 0 Å². The summed E-state index contributed by atoms with van der Waals surface area (Å²) in [4.78, 5) is 18.7. The third-order valence-electron chi connectivity index (χ3n) is 4.11. The van der Waals surface area contributed by atoms with Gasteiger partial charge in [-0.2, -0.15) is 16.3 Å². The number of amides is 1. The summed E-state index contributed by atoms with van der Waals surface area (Å²) < 4.78 is 5.36. The predicted molar refractivity (Wildman–Crippen MR) is 87.4 cm³/mol. The molecule has 23 heavy (non-hydrogen) atoms. The summed E-state index contributed by atoms with van der Waals surface area (Å²) in [6, 6.07) is 9.62. The van der Waals surface area contributed by atoms with E-state index in [-0.39, 0.29) is 11.8 Å². The Kier molecular flexibility index (Phi) is 3.46. The molecule has 1 fully saturated rings. The minimum Gasteiger partial charge on any atom is -0.339 e. The average Bonchev–Trinajstić information content (AvgIpc) is 3.17. The number of hydrogen-bond acceptors (Lipinski definition) is 5. The summed E-state index contributed by atoms with van der Waals surface area (Å²) in [5.41, 5.74) is 2.73. The van der Waals surface area contributed by atoms with Gasteiger partial charge in [0.25, 0.3) is 5.91 Å². The lowest BCUT2D eigenvalue weighted by molar-refractivity contribution is 0.0568. The van der Waals surface area contributed by atoms with Crippen LogP contribution in [0.5, 0.6) is 0 Å². The number of aryl methyl sites for hydroxylation is 1. The Morgan fingerprint density at radius 1 is 1.30 bits per heavy atom. The van der Waals surface area contributed by atoms with Gasteiger partial charge in [0.15, 0.2) is 0 Å². The van der Waals surface area contributed by atoms with Crippen molar-refractivity contribution >= 4 is 17.2 Å². The van der Waals surface area contributed by atoms with E-state index in [0.29, 0.717) is 24.8 Å². The Labute approximate surface area is 137 Å². The lowest BCUT2D eigenvalue weighted by Crippen LogP contribution is -2.48. The standard InChI is InChI=1S/C17H15N3O2S/c1-11-4-2-3-5-14(11)17(21)20-8-13(9-20)16-18-15(19-22-16)12-6-7-23-10-12/h2-7,10,13H,8-9H2,1H3. The molecule has 0 saturated carbocycles. The number of benzene rings is 1. The van der Waals surface area contributed by atoms with Crippen molar-refractivity contribution in [1.29, 1.82) is 0 Å². The van der Waals surface area contributed by atoms with Crippen LogP contribution in [0.25, 0.3) is 11.4 Å². The minimum atomic E-state index is 0.0666. The Hall–Kier alpha value is -2.47. The Bertz CT molecular complexity index is 835. The molecule has 5 nitrogen and oxygen atoms in total. The fourth-order valence-corrected chi connectivity index (χ4v) is 3.33. The van der Waals surface area contributed by atoms with Crippen molar-refractivity contribution in [2.75, 3.05) is 13.1 Å². The molecule has 0 N–H and O–H groups in total. The van der Waals surface area contributed by atoms with E-state index in [1.165, 1.54) is 0 Å². The minimum absolute atomic E-state index is 0.0666. The van der Waals surface area contributed by atoms with Gasteiger partial charge in [-0.1, -0.05) is 23.4 Å². The van der Waals surface area contributed by atoms with E-state index < -0.39 is 0 Å². The smallest absolute Gasteiger partial charge is 0.254 e. The Morgan fingerprint density at radius 2 is 2.13 bits per heavy atom. The number of thiophene rings is 1. The molecule has 0 unspecified atom stereocenters. The highest BCUT2D eigenvalue weighted by molar-refractivity contribution is 7.08. The zero-order valence-corrected chi connectivity index (χ0v) is 13.4. The van der Waals surface area contributed by atoms with Crippen molar-refractivity contribution in [2.24, 2.45) is 0 Å². The summed E-state index contributed by atoms with van der Waals surface area (Å²) in [6.07, 6.45) is 0. The van der Waals surface area contributed by atoms with Crippen LogP contribution in [0.15, 0.2) is 45.6 Å². The summed E-state index contributed by atoms with van der Waals surface area (Å²) in [6.45, 7) is 3.20. The average molecular weight is 325 g/mol. The second-order valence-corrected chi connectivity index (χ2v) is 6.47. The van der Waals surface area contributed by atoms with Gasteiger partial charge in [0.2, 0.25) is 11.7 Å². The molecule has 0 spiro atoms. The van der Waals surface area contributed by atoms with Gasteiger partial charge >= 0.3 is 0 Å². The van der Waals surface area contributed by atoms with Crippen LogP contribution in [0.4, 0.5) is 0 Å². The summed E-state index contributed by atoms with van der Waals surface area (Å²) in [5.74, 6) is 1.42. The van der Waals surface area contributed by atoms with Gasteiger partial charge < -0.3 is 9.42 Å². The zero-order valence-electron chi connectivity index (χ0n) is 12.6. The normalized spacial score (nSPS) is 14.7. The van der Waals surface area contributed by atoms with Crippen LogP contribution >= 0.6 is 11.3 Å². The monoisotopic (exact) mass is 325 g/mol. The Morgan fingerprint density at radius 3 is 2.87 bits per heavy atom. The van der Waals surface area contributed by atoms with Gasteiger partial charge in [0.05, 0.1) is 5.92 Å². The summed E-state index contributed by atoms with van der Waals surface area (Å²) in [5, 5.41) is 7.99. The number of carbonyl (C=O) groups is 1. The molecule has 4 rings (SSSR count). The number of likely N-dealkylation sites (tertiary alicyclic amines) is 1. The van der Waals surface area contributed by atoms with Gasteiger partial charge in [-0.15, -0.1) is 0 Å². The van der Waals surface area contributed by atoms with Crippen molar-refractivity contribution < 1.29 is 9.32 Å². The first-order valence-electron chi connectivity index (χ1n) is 7.43. The van der Waals surface area contributed by atoms with E-state index in [1.54, 1.807) is 11.3 Å². The highest BCUT2D eigenvalue weighted by Gasteiger charge is 2.36. The fourth-order valence-electron chi connectivity index (χ4n) is 2.69. The first kappa shape index (κ1) is 14.1. The maximum absolute atomic E-state index is 12.5. The second kappa shape index (κ2) is 5.62. The quantitative estimate of drug-likeness (QED) is 0.741. The number of nitrogens with zero attached hydrogens (tertiary/aromatic N) is 3. The summed E-state index contributed by atoms with van der Waals surface area (Å²) >= 11 is 1.60. The van der Waals surface area contributed by atoms with Crippen LogP contribution in [-0.4, -0.2) is 34.0 Å². The van der Waals surface area contributed by atoms with Gasteiger partial charge in [-0.3, -0.25) is 4.79 Å². The fraction of sp³-hybridized carbons (Fsp3) is 0.235. The van der Waals surface area contributed by atoms with Crippen LogP contribution in [0.1, 0.15) is 27.7 Å². The topological polar surface area (TPSA) is 59.2 Å². The second-order valence-electron chi connectivity index (χ2n) is 5.69.